The zero-order valence-electron chi connectivity index (χ0n) is 10.9. The topological polar surface area (TPSA) is 85.4 Å². The molecule has 0 aliphatic rings. The molecule has 8 heteroatoms. The Hall–Kier alpha value is -1.93. The van der Waals surface area contributed by atoms with Gasteiger partial charge in [-0.15, -0.1) is 0 Å². The maximum atomic E-state index is 12.2. The van der Waals surface area contributed by atoms with Crippen molar-refractivity contribution in [3.63, 3.8) is 0 Å². The van der Waals surface area contributed by atoms with Gasteiger partial charge < -0.3 is 4.74 Å². The molecule has 0 bridgehead atoms. The van der Waals surface area contributed by atoms with Crippen molar-refractivity contribution >= 4 is 37.6 Å². The van der Waals surface area contributed by atoms with E-state index in [1.165, 1.54) is 49.8 Å². The number of aromatic nitrogens is 1. The second kappa shape index (κ2) is 6.23. The van der Waals surface area contributed by atoms with Crippen LogP contribution in [0.2, 0.25) is 0 Å². The van der Waals surface area contributed by atoms with Crippen molar-refractivity contribution < 1.29 is 17.9 Å². The molecular weight excluding hydrogens is 360 g/mol. The quantitative estimate of drug-likeness (QED) is 0.835. The first-order valence-electron chi connectivity index (χ1n) is 5.74. The van der Waals surface area contributed by atoms with E-state index >= 15 is 0 Å². The van der Waals surface area contributed by atoms with Crippen molar-refractivity contribution in [2.75, 3.05) is 11.8 Å². The summed E-state index contributed by atoms with van der Waals surface area (Å²) in [5.41, 5.74) is 0.673. The van der Waals surface area contributed by atoms with E-state index in [2.05, 4.69) is 30.4 Å². The Kier molecular flexibility index (Phi) is 4.59. The number of hydrogen-bond acceptors (Lipinski definition) is 5. The third-order valence-electron chi connectivity index (χ3n) is 2.55. The molecule has 0 saturated carbocycles. The molecule has 1 heterocycles. The molecular formula is C13H11BrN2O4S. The van der Waals surface area contributed by atoms with Crippen molar-refractivity contribution in [1.29, 1.82) is 0 Å². The van der Waals surface area contributed by atoms with Crippen molar-refractivity contribution in [2.45, 2.75) is 4.90 Å². The second-order valence-corrected chi connectivity index (χ2v) is 6.61. The van der Waals surface area contributed by atoms with Crippen LogP contribution in [0.4, 0.5) is 5.69 Å². The number of carbonyl (C=O) groups excluding carboxylic acids is 1. The van der Waals surface area contributed by atoms with Gasteiger partial charge in [0.05, 0.1) is 12.7 Å². The molecule has 1 N–H and O–H groups in total. The molecule has 0 saturated heterocycles. The molecule has 1 aromatic carbocycles. The Morgan fingerprint density at radius 2 is 1.90 bits per heavy atom. The SMILES string of the molecule is COC(=O)c1ccc(NS(=O)(=O)c2cncc(Br)c2)cc1. The molecule has 0 atom stereocenters. The zero-order chi connectivity index (χ0) is 15.5. The lowest BCUT2D eigenvalue weighted by atomic mass is 10.2. The summed E-state index contributed by atoms with van der Waals surface area (Å²) in [6.07, 6.45) is 2.74. The fourth-order valence-corrected chi connectivity index (χ4v) is 3.11. The highest BCUT2D eigenvalue weighted by Gasteiger charge is 2.15. The van der Waals surface area contributed by atoms with Crippen LogP contribution in [0.3, 0.4) is 0 Å². The Balaban J connectivity index is 2.23. The van der Waals surface area contributed by atoms with E-state index in [-0.39, 0.29) is 4.90 Å². The number of anilines is 1. The van der Waals surface area contributed by atoms with Gasteiger partial charge in [-0.05, 0) is 46.3 Å². The zero-order valence-corrected chi connectivity index (χ0v) is 13.3. The number of halogens is 1. The van der Waals surface area contributed by atoms with Gasteiger partial charge in [0.1, 0.15) is 4.90 Å². The van der Waals surface area contributed by atoms with Gasteiger partial charge in [-0.2, -0.15) is 0 Å². The van der Waals surface area contributed by atoms with E-state index in [4.69, 9.17) is 0 Å². The van der Waals surface area contributed by atoms with Gasteiger partial charge in [-0.1, -0.05) is 0 Å². The number of ether oxygens (including phenoxy) is 1. The Morgan fingerprint density at radius 1 is 1.24 bits per heavy atom. The highest BCUT2D eigenvalue weighted by molar-refractivity contribution is 9.10. The van der Waals surface area contributed by atoms with E-state index in [9.17, 15) is 13.2 Å². The molecule has 6 nitrogen and oxygen atoms in total. The van der Waals surface area contributed by atoms with E-state index in [1.54, 1.807) is 0 Å². The van der Waals surface area contributed by atoms with Crippen LogP contribution in [0.1, 0.15) is 10.4 Å². The molecule has 0 amide bonds. The van der Waals surface area contributed by atoms with Crippen molar-refractivity contribution in [1.82, 2.24) is 4.98 Å². The summed E-state index contributed by atoms with van der Waals surface area (Å²) in [7, 11) is -2.46. The molecule has 0 spiro atoms. The summed E-state index contributed by atoms with van der Waals surface area (Å²) in [4.78, 5) is 15.1. The van der Waals surface area contributed by atoms with Crippen molar-refractivity contribution in [3.8, 4) is 0 Å². The minimum absolute atomic E-state index is 0.0360. The van der Waals surface area contributed by atoms with Crippen LogP contribution in [0, 0.1) is 0 Å². The van der Waals surface area contributed by atoms with Crippen LogP contribution in [0.15, 0.2) is 52.1 Å². The molecule has 110 valence electrons. The number of rotatable bonds is 4. The van der Waals surface area contributed by atoms with Crippen LogP contribution in [0.25, 0.3) is 0 Å². The molecule has 0 unspecified atom stereocenters. The van der Waals surface area contributed by atoms with Crippen LogP contribution < -0.4 is 4.72 Å². The minimum Gasteiger partial charge on any atom is -0.465 e. The molecule has 2 aromatic rings. The summed E-state index contributed by atoms with van der Waals surface area (Å²) in [6.45, 7) is 0. The highest BCUT2D eigenvalue weighted by atomic mass is 79.9. The Bertz CT molecular complexity index is 760. The number of nitrogens with zero attached hydrogens (tertiary/aromatic N) is 1. The first-order valence-corrected chi connectivity index (χ1v) is 8.02. The van der Waals surface area contributed by atoms with E-state index in [0.29, 0.717) is 15.7 Å². The fourth-order valence-electron chi connectivity index (χ4n) is 1.55. The number of sulfonamides is 1. The van der Waals surface area contributed by atoms with Gasteiger partial charge in [0, 0.05) is 22.6 Å². The van der Waals surface area contributed by atoms with Gasteiger partial charge in [0.25, 0.3) is 10.0 Å². The first-order chi connectivity index (χ1) is 9.92. The Labute approximate surface area is 130 Å². The van der Waals surface area contributed by atoms with Crippen molar-refractivity contribution in [3.05, 3.63) is 52.8 Å². The number of esters is 1. The average Bonchev–Trinajstić information content (AvgIpc) is 2.47. The third-order valence-corrected chi connectivity index (χ3v) is 4.33. The summed E-state index contributed by atoms with van der Waals surface area (Å²) >= 11 is 3.17. The lowest BCUT2D eigenvalue weighted by Gasteiger charge is -2.08. The number of hydrogen-bond donors (Lipinski definition) is 1. The lowest BCUT2D eigenvalue weighted by molar-refractivity contribution is 0.0601. The van der Waals surface area contributed by atoms with Gasteiger partial charge >= 0.3 is 5.97 Å². The van der Waals surface area contributed by atoms with Gasteiger partial charge in [0.2, 0.25) is 0 Å². The molecule has 0 radical (unpaired) electrons. The predicted octanol–water partition coefficient (Wildman–Crippen LogP) is 2.43. The van der Waals surface area contributed by atoms with Gasteiger partial charge in [-0.25, -0.2) is 13.2 Å². The highest BCUT2D eigenvalue weighted by Crippen LogP contribution is 2.19. The van der Waals surface area contributed by atoms with E-state index in [1.807, 2.05) is 0 Å². The molecule has 21 heavy (non-hydrogen) atoms. The van der Waals surface area contributed by atoms with Crippen LogP contribution >= 0.6 is 15.9 Å². The van der Waals surface area contributed by atoms with Gasteiger partial charge in [-0.3, -0.25) is 9.71 Å². The Morgan fingerprint density at radius 3 is 2.48 bits per heavy atom. The smallest absolute Gasteiger partial charge is 0.337 e. The number of benzene rings is 1. The normalized spacial score (nSPS) is 11.0. The summed E-state index contributed by atoms with van der Waals surface area (Å²) in [5.74, 6) is -0.486. The number of pyridine rings is 1. The maximum absolute atomic E-state index is 12.2. The van der Waals surface area contributed by atoms with Gasteiger partial charge in [0.15, 0.2) is 0 Å². The van der Waals surface area contributed by atoms with Crippen LogP contribution in [0.5, 0.6) is 0 Å². The summed E-state index contributed by atoms with van der Waals surface area (Å²) in [5, 5.41) is 0. The third kappa shape index (κ3) is 3.79. The molecule has 2 rings (SSSR count). The predicted molar refractivity (Wildman–Crippen MR) is 80.5 cm³/mol. The minimum atomic E-state index is -3.73. The fraction of sp³-hybridized carbons (Fsp3) is 0.0769. The monoisotopic (exact) mass is 370 g/mol. The molecule has 0 fully saturated rings. The maximum Gasteiger partial charge on any atom is 0.337 e. The number of carbonyl (C=O) groups is 1. The van der Waals surface area contributed by atoms with Crippen LogP contribution in [-0.4, -0.2) is 26.5 Å². The number of methoxy groups -OCH3 is 1. The molecule has 1 aromatic heterocycles. The average molecular weight is 371 g/mol. The first kappa shape index (κ1) is 15.5. The largest absolute Gasteiger partial charge is 0.465 e. The summed E-state index contributed by atoms with van der Waals surface area (Å²) in [6, 6.07) is 7.36. The molecule has 0 aliphatic heterocycles. The second-order valence-electron chi connectivity index (χ2n) is 4.01. The molecule has 0 aliphatic carbocycles. The van der Waals surface area contributed by atoms with Crippen LogP contribution in [-0.2, 0) is 14.8 Å². The summed E-state index contributed by atoms with van der Waals surface area (Å²) < 4.78 is 31.9. The standard InChI is InChI=1S/C13H11BrN2O4S/c1-20-13(17)9-2-4-11(5-3-9)16-21(18,19)12-6-10(14)7-15-8-12/h2-8,16H,1H3. The van der Waals surface area contributed by atoms with E-state index < -0.39 is 16.0 Å². The number of nitrogens with one attached hydrogen (secondary N) is 1. The van der Waals surface area contributed by atoms with Crippen molar-refractivity contribution in [2.24, 2.45) is 0 Å². The lowest BCUT2D eigenvalue weighted by Crippen LogP contribution is -2.13. The van der Waals surface area contributed by atoms with E-state index in [0.717, 1.165) is 0 Å².